The molecule has 72 heavy (non-hydrogen) atoms. The van der Waals surface area contributed by atoms with Gasteiger partial charge in [-0.05, 0) is 75.2 Å². The van der Waals surface area contributed by atoms with Crippen molar-refractivity contribution in [1.29, 1.82) is 0 Å². The van der Waals surface area contributed by atoms with E-state index in [1.165, 1.54) is 24.3 Å². The number of anilines is 2. The second-order valence-electron chi connectivity index (χ2n) is 18.7. The van der Waals surface area contributed by atoms with Gasteiger partial charge in [0.1, 0.15) is 57.3 Å². The summed E-state index contributed by atoms with van der Waals surface area (Å²) < 4.78 is 67.9. The zero-order valence-electron chi connectivity index (χ0n) is 40.7. The molecule has 4 aromatic carbocycles. The highest BCUT2D eigenvalue weighted by Crippen LogP contribution is 2.45. The molecule has 20 heteroatoms. The molecule has 0 bridgehead atoms. The van der Waals surface area contributed by atoms with Gasteiger partial charge in [0.05, 0.1) is 24.3 Å². The van der Waals surface area contributed by atoms with E-state index >= 15 is 0 Å². The summed E-state index contributed by atoms with van der Waals surface area (Å²) >= 11 is 0. The fourth-order valence-electron chi connectivity index (χ4n) is 8.78. The lowest BCUT2D eigenvalue weighted by atomic mass is 9.98. The number of rotatable bonds is 14. The van der Waals surface area contributed by atoms with E-state index in [4.69, 9.17) is 28.4 Å². The number of nitrogens with one attached hydrogen (secondary N) is 2. The van der Waals surface area contributed by atoms with Gasteiger partial charge in [-0.25, -0.2) is 8.78 Å². The molecule has 0 saturated carbocycles. The summed E-state index contributed by atoms with van der Waals surface area (Å²) in [5.74, 6) is 0.141. The molecule has 6 heterocycles. The average molecular weight is 989 g/mol. The van der Waals surface area contributed by atoms with Crippen molar-refractivity contribution in [2.24, 2.45) is 14.1 Å². The monoisotopic (exact) mass is 988 g/mol. The Hall–Kier alpha value is -7.84. The molecule has 2 fully saturated rings. The molecule has 0 radical (unpaired) electrons. The van der Waals surface area contributed by atoms with Crippen LogP contribution in [0.3, 0.4) is 0 Å². The topological polar surface area (TPSA) is 190 Å². The fraction of sp³-hybridized carbons (Fsp3) is 0.346. The number of methoxy groups -OCH3 is 2. The van der Waals surface area contributed by atoms with Crippen molar-refractivity contribution in [2.75, 3.05) is 64.2 Å². The third kappa shape index (κ3) is 10.6. The first-order valence-corrected chi connectivity index (χ1v) is 23.3. The van der Waals surface area contributed by atoms with E-state index < -0.39 is 34.7 Å². The molecular weight excluding hydrogens is 935 g/mol. The molecule has 18 nitrogen and oxygen atoms in total. The zero-order chi connectivity index (χ0) is 50.9. The zero-order valence-corrected chi connectivity index (χ0v) is 40.7. The van der Waals surface area contributed by atoms with Gasteiger partial charge in [0.2, 0.25) is 0 Å². The number of halogens is 2. The average Bonchev–Trinajstić information content (AvgIpc) is 4.07. The highest BCUT2D eigenvalue weighted by Gasteiger charge is 2.40. The molecule has 2 atom stereocenters. The number of nitrogens with zero attached hydrogens (tertiary/aromatic N) is 6. The van der Waals surface area contributed by atoms with Crippen molar-refractivity contribution >= 4 is 35.3 Å². The van der Waals surface area contributed by atoms with Crippen LogP contribution in [0.2, 0.25) is 0 Å². The fourth-order valence-corrected chi connectivity index (χ4v) is 8.78. The normalized spacial score (nSPS) is 18.3. The lowest BCUT2D eigenvalue weighted by molar-refractivity contribution is 0.0203. The molecule has 376 valence electrons. The van der Waals surface area contributed by atoms with Crippen LogP contribution in [0, 0.1) is 11.6 Å². The third-order valence-electron chi connectivity index (χ3n) is 12.6. The second-order valence-corrected chi connectivity index (χ2v) is 18.7. The molecule has 0 aliphatic carbocycles. The van der Waals surface area contributed by atoms with Gasteiger partial charge in [-0.3, -0.25) is 28.5 Å². The molecule has 2 aromatic heterocycles. The van der Waals surface area contributed by atoms with E-state index in [1.807, 2.05) is 13.8 Å². The maximum atomic E-state index is 14.8. The molecule has 4 aliphatic heterocycles. The first-order valence-electron chi connectivity index (χ1n) is 23.3. The number of carbonyl (C=O) groups excluding carboxylic acids is 4. The number of carbonyl (C=O) groups is 4. The van der Waals surface area contributed by atoms with Crippen LogP contribution in [0.4, 0.5) is 20.4 Å². The Morgan fingerprint density at radius 1 is 0.611 bits per heavy atom. The maximum Gasteiger partial charge on any atom is 0.257 e. The van der Waals surface area contributed by atoms with Crippen molar-refractivity contribution in [3.8, 4) is 34.5 Å². The summed E-state index contributed by atoms with van der Waals surface area (Å²) in [5.41, 5.74) is 0.782. The van der Waals surface area contributed by atoms with Crippen LogP contribution in [-0.2, 0) is 36.4 Å². The minimum absolute atomic E-state index is 0.00627. The minimum atomic E-state index is -0.662. The Labute approximate surface area is 413 Å². The Bertz CT molecular complexity index is 2870. The number of aromatic nitrogens is 4. The maximum absolute atomic E-state index is 14.8. The van der Waals surface area contributed by atoms with Gasteiger partial charge < -0.3 is 48.9 Å². The van der Waals surface area contributed by atoms with Crippen molar-refractivity contribution < 1.29 is 56.4 Å². The van der Waals surface area contributed by atoms with Crippen molar-refractivity contribution in [3.63, 3.8) is 0 Å². The van der Waals surface area contributed by atoms with E-state index in [1.54, 1.807) is 108 Å². The lowest BCUT2D eigenvalue weighted by Gasteiger charge is -2.31. The van der Waals surface area contributed by atoms with Crippen molar-refractivity contribution in [2.45, 2.75) is 50.7 Å². The van der Waals surface area contributed by atoms with E-state index in [-0.39, 0.29) is 34.4 Å². The van der Waals surface area contributed by atoms with E-state index in [9.17, 15) is 28.0 Å². The molecule has 10 rings (SSSR count). The number of benzene rings is 4. The Balaban J connectivity index is 0.000000178. The van der Waals surface area contributed by atoms with Gasteiger partial charge in [0.15, 0.2) is 11.6 Å². The largest absolute Gasteiger partial charge is 0.484 e. The predicted octanol–water partition coefficient (Wildman–Crippen LogP) is 7.58. The van der Waals surface area contributed by atoms with Gasteiger partial charge in [0, 0.05) is 126 Å². The molecule has 0 spiro atoms. The van der Waals surface area contributed by atoms with Gasteiger partial charge >= 0.3 is 0 Å². The number of fused-ring (bicyclic) bond motifs is 2. The van der Waals surface area contributed by atoms with Gasteiger partial charge in [-0.1, -0.05) is 0 Å². The van der Waals surface area contributed by atoms with E-state index in [2.05, 4.69) is 20.8 Å². The summed E-state index contributed by atoms with van der Waals surface area (Å²) in [6.07, 6.45) is 6.24. The summed E-state index contributed by atoms with van der Waals surface area (Å²) in [6, 6.07) is 18.2. The van der Waals surface area contributed by atoms with Crippen LogP contribution in [0.1, 0.15) is 79.2 Å². The first kappa shape index (κ1) is 49.2. The van der Waals surface area contributed by atoms with Crippen LogP contribution in [-0.4, -0.2) is 118 Å². The van der Waals surface area contributed by atoms with Crippen molar-refractivity contribution in [1.82, 2.24) is 29.4 Å². The van der Waals surface area contributed by atoms with Crippen LogP contribution < -0.4 is 29.6 Å². The number of amides is 4. The lowest BCUT2D eigenvalue weighted by Crippen LogP contribution is -2.42. The number of aryl methyl sites for hydroxylation is 2. The van der Waals surface area contributed by atoms with Crippen LogP contribution in [0.5, 0.6) is 34.5 Å². The molecule has 6 aromatic rings. The number of hydrogen-bond acceptors (Lipinski definition) is 12. The van der Waals surface area contributed by atoms with E-state index in [0.29, 0.717) is 98.0 Å². The molecular formula is C52H54F2N8O10. The molecule has 2 unspecified atom stereocenters. The van der Waals surface area contributed by atoms with E-state index in [0.717, 1.165) is 24.0 Å². The quantitative estimate of drug-likeness (QED) is 0.109. The number of ether oxygens (including phenoxy) is 6. The van der Waals surface area contributed by atoms with Gasteiger partial charge in [-0.15, -0.1) is 0 Å². The Morgan fingerprint density at radius 3 is 1.33 bits per heavy atom. The third-order valence-corrected chi connectivity index (χ3v) is 12.6. The summed E-state index contributed by atoms with van der Waals surface area (Å²) in [5, 5.41) is 13.8. The van der Waals surface area contributed by atoms with Crippen LogP contribution in [0.25, 0.3) is 0 Å². The summed E-state index contributed by atoms with van der Waals surface area (Å²) in [7, 11) is 6.69. The standard InChI is InChI=1S/2C26H27FN4O5/c2*1-26(15-34-3)14-19-21(35-17-5-6-18(20(27)13-17)25(33)31-8-4-9-31)11-16(12-22(19)36-26)24(32)28-23-7-10-30(2)29-23/h2*5-7,10-13H,4,8-9,14-15H2,1-3H3,(H,28,29,32). The first-order chi connectivity index (χ1) is 34.5. The Morgan fingerprint density at radius 2 is 1.01 bits per heavy atom. The smallest absolute Gasteiger partial charge is 0.257 e. The molecule has 4 aliphatic rings. The summed E-state index contributed by atoms with van der Waals surface area (Å²) in [4.78, 5) is 54.1. The Kier molecular flexibility index (Phi) is 13.7. The van der Waals surface area contributed by atoms with Gasteiger partial charge in [0.25, 0.3) is 23.6 Å². The summed E-state index contributed by atoms with van der Waals surface area (Å²) in [6.45, 7) is 7.02. The second kappa shape index (κ2) is 20.1. The SMILES string of the molecule is COCC1(C)Cc2c(Oc3ccc(C(=O)N4CCC4)c(F)c3)cc(C(=O)Nc3ccn(C)n3)cc2O1.COCC1(C)Cc2c(Oc3ccc(C(=O)N4CCC4)c(F)c3)cc(C(=O)Nc3ccn(C)n3)cc2O1. The molecule has 2 N–H and O–H groups in total. The van der Waals surface area contributed by atoms with Gasteiger partial charge in [-0.2, -0.15) is 10.2 Å². The number of hydrogen-bond donors (Lipinski definition) is 2. The number of likely N-dealkylation sites (tertiary alicyclic amines) is 2. The highest BCUT2D eigenvalue weighted by molar-refractivity contribution is 6.05. The van der Waals surface area contributed by atoms with Crippen molar-refractivity contribution in [3.05, 3.63) is 130 Å². The molecule has 2 saturated heterocycles. The van der Waals surface area contributed by atoms with Crippen LogP contribution >= 0.6 is 0 Å². The minimum Gasteiger partial charge on any atom is -0.484 e. The van der Waals surface area contributed by atoms with Crippen LogP contribution in [0.15, 0.2) is 85.2 Å². The predicted molar refractivity (Wildman–Crippen MR) is 258 cm³/mol. The highest BCUT2D eigenvalue weighted by atomic mass is 19.1. The molecule has 4 amide bonds.